The number of sulfonamides is 1. The van der Waals surface area contributed by atoms with Gasteiger partial charge in [-0.2, -0.15) is 0 Å². The fourth-order valence-corrected chi connectivity index (χ4v) is 5.07. The molecule has 1 aromatic carbocycles. The van der Waals surface area contributed by atoms with E-state index in [1.165, 1.54) is 12.8 Å². The van der Waals surface area contributed by atoms with Gasteiger partial charge in [0.1, 0.15) is 0 Å². The Labute approximate surface area is 175 Å². The third-order valence-corrected chi connectivity index (χ3v) is 7.42. The number of aromatic nitrogens is 2. The first-order valence-electron chi connectivity index (χ1n) is 9.72. The summed E-state index contributed by atoms with van der Waals surface area (Å²) in [6.45, 7) is 8.02. The van der Waals surface area contributed by atoms with E-state index in [9.17, 15) is 13.2 Å². The van der Waals surface area contributed by atoms with E-state index in [-0.39, 0.29) is 27.8 Å². The Bertz CT molecular complexity index is 941. The number of amides is 1. The van der Waals surface area contributed by atoms with Gasteiger partial charge in [0.25, 0.3) is 10.0 Å². The molecule has 1 aliphatic heterocycles. The monoisotopic (exact) mass is 437 g/mol. The molecule has 29 heavy (non-hydrogen) atoms. The quantitative estimate of drug-likeness (QED) is 0.646. The van der Waals surface area contributed by atoms with Crippen molar-refractivity contribution in [2.45, 2.75) is 44.5 Å². The van der Waals surface area contributed by atoms with Crippen molar-refractivity contribution in [2.75, 3.05) is 23.3 Å². The van der Waals surface area contributed by atoms with Crippen molar-refractivity contribution < 1.29 is 13.2 Å². The van der Waals surface area contributed by atoms with E-state index >= 15 is 0 Å². The molecule has 2 heterocycles. The van der Waals surface area contributed by atoms with Gasteiger partial charge in [-0.3, -0.25) is 4.79 Å². The molecule has 1 unspecified atom stereocenters. The van der Waals surface area contributed by atoms with E-state index < -0.39 is 10.0 Å². The Hall–Kier alpha value is -2.04. The van der Waals surface area contributed by atoms with Crippen LogP contribution in [0.3, 0.4) is 0 Å². The smallest absolute Gasteiger partial charge is 0.270 e. The molecule has 158 valence electrons. The zero-order valence-electron chi connectivity index (χ0n) is 16.9. The van der Waals surface area contributed by atoms with Gasteiger partial charge >= 0.3 is 0 Å². The number of rotatable bonds is 7. The number of benzene rings is 1. The fourth-order valence-electron chi connectivity index (χ4n) is 3.11. The molecule has 0 radical (unpaired) electrons. The molecule has 10 heteroatoms. The maximum absolute atomic E-state index is 12.5. The Balaban J connectivity index is 1.59. The lowest BCUT2D eigenvalue weighted by Gasteiger charge is -2.32. The molecule has 0 saturated carbocycles. The van der Waals surface area contributed by atoms with Crippen LogP contribution in [-0.2, 0) is 21.4 Å². The lowest BCUT2D eigenvalue weighted by atomic mass is 9.99. The minimum Gasteiger partial charge on any atom is -0.371 e. The minimum atomic E-state index is -3.80. The van der Waals surface area contributed by atoms with E-state index in [4.69, 9.17) is 0 Å². The number of nitrogens with one attached hydrogen (secondary N) is 2. The van der Waals surface area contributed by atoms with Crippen molar-refractivity contribution in [1.29, 1.82) is 0 Å². The number of nitrogens with zero attached hydrogens (tertiary/aromatic N) is 3. The van der Waals surface area contributed by atoms with Crippen molar-refractivity contribution in [1.82, 2.24) is 14.9 Å². The molecule has 0 bridgehead atoms. The summed E-state index contributed by atoms with van der Waals surface area (Å²) in [5.41, 5.74) is 2.03. The van der Waals surface area contributed by atoms with Gasteiger partial charge in [0, 0.05) is 31.2 Å². The van der Waals surface area contributed by atoms with Crippen LogP contribution < -0.4 is 14.9 Å². The number of hydrogen-bond acceptors (Lipinski definition) is 7. The first kappa shape index (κ1) is 21.7. The fraction of sp³-hybridized carbons (Fsp3) is 0.526. The van der Waals surface area contributed by atoms with Gasteiger partial charge in [-0.05, 0) is 36.5 Å². The SMILES string of the molecule is CC1CCCN(c2ccc(CNS(=O)(=O)c3nnc(NC(=O)C(C)C)s3)cc2)C1. The Morgan fingerprint density at radius 3 is 2.66 bits per heavy atom. The summed E-state index contributed by atoms with van der Waals surface area (Å²) >= 11 is 0.831. The van der Waals surface area contributed by atoms with Crippen LogP contribution >= 0.6 is 11.3 Å². The maximum atomic E-state index is 12.5. The van der Waals surface area contributed by atoms with E-state index in [0.29, 0.717) is 5.92 Å². The Morgan fingerprint density at radius 1 is 1.28 bits per heavy atom. The zero-order chi connectivity index (χ0) is 21.0. The largest absolute Gasteiger partial charge is 0.371 e. The predicted molar refractivity (Wildman–Crippen MR) is 114 cm³/mol. The predicted octanol–water partition coefficient (Wildman–Crippen LogP) is 2.85. The summed E-state index contributed by atoms with van der Waals surface area (Å²) in [6.07, 6.45) is 2.47. The molecule has 8 nitrogen and oxygen atoms in total. The first-order chi connectivity index (χ1) is 13.7. The highest BCUT2D eigenvalue weighted by Gasteiger charge is 2.21. The molecular weight excluding hydrogens is 410 g/mol. The highest BCUT2D eigenvalue weighted by molar-refractivity contribution is 7.91. The van der Waals surface area contributed by atoms with Gasteiger partial charge in [0.05, 0.1) is 0 Å². The molecule has 2 N–H and O–H groups in total. The highest BCUT2D eigenvalue weighted by Crippen LogP contribution is 2.24. The van der Waals surface area contributed by atoms with E-state index in [1.54, 1.807) is 13.8 Å². The van der Waals surface area contributed by atoms with Crippen molar-refractivity contribution >= 4 is 38.1 Å². The number of piperidine rings is 1. The summed E-state index contributed by atoms with van der Waals surface area (Å²) in [5.74, 6) is 0.229. The number of carbonyl (C=O) groups is 1. The molecule has 1 aliphatic rings. The molecule has 0 aliphatic carbocycles. The molecule has 2 aromatic rings. The number of carbonyl (C=O) groups excluding carboxylic acids is 1. The third-order valence-electron chi connectivity index (χ3n) is 4.82. The summed E-state index contributed by atoms with van der Waals surface area (Å²) in [5, 5.41) is 10.2. The molecule has 1 amide bonds. The Morgan fingerprint density at radius 2 is 2.00 bits per heavy atom. The van der Waals surface area contributed by atoms with Crippen LogP contribution in [-0.4, -0.2) is 37.6 Å². The average Bonchev–Trinajstić information content (AvgIpc) is 3.16. The average molecular weight is 438 g/mol. The second kappa shape index (κ2) is 9.19. The maximum Gasteiger partial charge on any atom is 0.270 e. The standard InChI is InChI=1S/C19H27N5O3S2/c1-13(2)17(25)21-18-22-23-19(28-18)29(26,27)20-11-15-6-8-16(9-7-15)24-10-4-5-14(3)12-24/h6-9,13-14,20H,4-5,10-12H2,1-3H3,(H,21,22,25). The second-order valence-corrected chi connectivity index (χ2v) is 10.6. The number of anilines is 2. The zero-order valence-corrected chi connectivity index (χ0v) is 18.5. The van der Waals surface area contributed by atoms with Crippen molar-refractivity contribution in [2.24, 2.45) is 11.8 Å². The molecule has 1 atom stereocenters. The van der Waals surface area contributed by atoms with Gasteiger partial charge < -0.3 is 10.2 Å². The van der Waals surface area contributed by atoms with Crippen LogP contribution in [0.15, 0.2) is 28.6 Å². The van der Waals surface area contributed by atoms with Gasteiger partial charge in [0.2, 0.25) is 15.4 Å². The van der Waals surface area contributed by atoms with Gasteiger partial charge in [0.15, 0.2) is 0 Å². The van der Waals surface area contributed by atoms with Gasteiger partial charge in [-0.15, -0.1) is 10.2 Å². The normalized spacial score (nSPS) is 17.5. The summed E-state index contributed by atoms with van der Waals surface area (Å²) in [4.78, 5) is 14.1. The first-order valence-corrected chi connectivity index (χ1v) is 12.0. The minimum absolute atomic E-state index is 0.159. The summed E-state index contributed by atoms with van der Waals surface area (Å²) in [6, 6.07) is 7.94. The van der Waals surface area contributed by atoms with Crippen LogP contribution in [0.1, 0.15) is 39.2 Å². The lowest BCUT2D eigenvalue weighted by Crippen LogP contribution is -2.34. The topological polar surface area (TPSA) is 104 Å². The van der Waals surface area contributed by atoms with Crippen molar-refractivity contribution in [3.05, 3.63) is 29.8 Å². The van der Waals surface area contributed by atoms with Crippen LogP contribution in [0.25, 0.3) is 0 Å². The summed E-state index contributed by atoms with van der Waals surface area (Å²) < 4.78 is 27.3. The van der Waals surface area contributed by atoms with E-state index in [2.05, 4.69) is 32.1 Å². The molecule has 0 spiro atoms. The Kier molecular flexibility index (Phi) is 6.86. The van der Waals surface area contributed by atoms with Crippen LogP contribution in [0.2, 0.25) is 0 Å². The van der Waals surface area contributed by atoms with Crippen LogP contribution in [0.4, 0.5) is 10.8 Å². The van der Waals surface area contributed by atoms with Crippen LogP contribution in [0.5, 0.6) is 0 Å². The molecule has 1 fully saturated rings. The third kappa shape index (κ3) is 5.74. The highest BCUT2D eigenvalue weighted by atomic mass is 32.2. The molecular formula is C19H27N5O3S2. The lowest BCUT2D eigenvalue weighted by molar-refractivity contribution is -0.118. The van der Waals surface area contributed by atoms with Crippen molar-refractivity contribution in [3.8, 4) is 0 Å². The van der Waals surface area contributed by atoms with Crippen molar-refractivity contribution in [3.63, 3.8) is 0 Å². The van der Waals surface area contributed by atoms with Gasteiger partial charge in [-0.1, -0.05) is 44.2 Å². The van der Waals surface area contributed by atoms with E-state index in [0.717, 1.165) is 35.7 Å². The molecule has 3 rings (SSSR count). The van der Waals surface area contributed by atoms with E-state index in [1.807, 2.05) is 24.3 Å². The number of hydrogen-bond donors (Lipinski definition) is 2. The molecule has 1 saturated heterocycles. The summed E-state index contributed by atoms with van der Waals surface area (Å²) in [7, 11) is -3.80. The van der Waals surface area contributed by atoms with Gasteiger partial charge in [-0.25, -0.2) is 13.1 Å². The second-order valence-electron chi connectivity index (χ2n) is 7.70. The molecule has 1 aromatic heterocycles. The van der Waals surface area contributed by atoms with Crippen LogP contribution in [0, 0.1) is 11.8 Å².